The molecule has 1 aliphatic rings. The Hall–Kier alpha value is -2.82. The van der Waals surface area contributed by atoms with Gasteiger partial charge in [-0.25, -0.2) is 0 Å². The van der Waals surface area contributed by atoms with Crippen molar-refractivity contribution in [2.24, 2.45) is 0 Å². The third-order valence-corrected chi connectivity index (χ3v) is 5.32. The van der Waals surface area contributed by atoms with Gasteiger partial charge in [-0.2, -0.15) is 0 Å². The van der Waals surface area contributed by atoms with E-state index in [-0.39, 0.29) is 5.56 Å². The lowest BCUT2D eigenvalue weighted by molar-refractivity contribution is 0.393. The van der Waals surface area contributed by atoms with Crippen molar-refractivity contribution >= 4 is 5.69 Å². The Morgan fingerprint density at radius 3 is 2.59 bits per heavy atom. The number of benzene rings is 1. The van der Waals surface area contributed by atoms with Gasteiger partial charge in [-0.1, -0.05) is 48.3 Å². The van der Waals surface area contributed by atoms with Crippen LogP contribution < -0.4 is 10.9 Å². The van der Waals surface area contributed by atoms with Crippen molar-refractivity contribution in [3.63, 3.8) is 0 Å². The molecule has 3 aromatic rings. The van der Waals surface area contributed by atoms with Crippen LogP contribution in [0.3, 0.4) is 0 Å². The zero-order valence-electron chi connectivity index (χ0n) is 15.9. The van der Waals surface area contributed by atoms with Crippen molar-refractivity contribution in [1.82, 2.24) is 9.72 Å². The summed E-state index contributed by atoms with van der Waals surface area (Å²) in [7, 11) is 0. The van der Waals surface area contributed by atoms with Gasteiger partial charge < -0.3 is 14.4 Å². The zero-order valence-corrected chi connectivity index (χ0v) is 15.9. The maximum atomic E-state index is 13.1. The summed E-state index contributed by atoms with van der Waals surface area (Å²) in [6, 6.07) is 12.4. The highest BCUT2D eigenvalue weighted by Gasteiger charge is 2.19. The average molecular weight is 363 g/mol. The van der Waals surface area contributed by atoms with E-state index in [0.29, 0.717) is 18.3 Å². The molecule has 5 heteroatoms. The van der Waals surface area contributed by atoms with Crippen molar-refractivity contribution in [2.75, 3.05) is 5.32 Å². The predicted octanol–water partition coefficient (Wildman–Crippen LogP) is 4.52. The number of rotatable bonds is 5. The molecule has 0 radical (unpaired) electrons. The van der Waals surface area contributed by atoms with Gasteiger partial charge >= 0.3 is 0 Å². The number of aryl methyl sites for hydroxylation is 2. The lowest BCUT2D eigenvalue weighted by Crippen LogP contribution is -2.27. The third kappa shape index (κ3) is 3.68. The first-order valence-electron chi connectivity index (χ1n) is 9.60. The second-order valence-corrected chi connectivity index (χ2v) is 7.39. The van der Waals surface area contributed by atoms with E-state index in [1.807, 2.05) is 56.4 Å². The highest BCUT2D eigenvalue weighted by Crippen LogP contribution is 2.29. The average Bonchev–Trinajstić information content (AvgIpc) is 3.29. The molecule has 5 nitrogen and oxygen atoms in total. The molecular weight excluding hydrogens is 338 g/mol. The molecule has 0 spiro atoms. The Morgan fingerprint density at radius 2 is 1.93 bits per heavy atom. The number of anilines is 1. The van der Waals surface area contributed by atoms with Gasteiger partial charge in [-0.15, -0.1) is 0 Å². The van der Waals surface area contributed by atoms with Crippen LogP contribution >= 0.6 is 0 Å². The third-order valence-electron chi connectivity index (χ3n) is 5.32. The number of pyridine rings is 1. The van der Waals surface area contributed by atoms with Crippen LogP contribution in [0.15, 0.2) is 51.9 Å². The van der Waals surface area contributed by atoms with E-state index in [9.17, 15) is 4.79 Å². The minimum atomic E-state index is 0.0151. The lowest BCUT2D eigenvalue weighted by Gasteiger charge is -2.17. The molecule has 0 amide bonds. The predicted molar refractivity (Wildman–Crippen MR) is 107 cm³/mol. The largest absolute Gasteiger partial charge is 0.378 e. The number of aromatic nitrogens is 2. The van der Waals surface area contributed by atoms with Gasteiger partial charge in [0.15, 0.2) is 0 Å². The molecule has 1 fully saturated rings. The summed E-state index contributed by atoms with van der Waals surface area (Å²) in [5.41, 5.74) is 4.54. The van der Waals surface area contributed by atoms with Gasteiger partial charge in [0.25, 0.3) is 5.56 Å². The van der Waals surface area contributed by atoms with Crippen LogP contribution in [0.2, 0.25) is 0 Å². The van der Waals surface area contributed by atoms with E-state index in [1.165, 1.54) is 12.8 Å². The van der Waals surface area contributed by atoms with Crippen molar-refractivity contribution in [3.8, 4) is 11.1 Å². The second kappa shape index (κ2) is 7.43. The van der Waals surface area contributed by atoms with Gasteiger partial charge in [0.05, 0.1) is 12.2 Å². The standard InChI is InChI=1S/C22H25N3O2/c1-15-21(16(2)27-24-15)18-12-20(23-19-10-6-7-11-19)22(26)25(14-18)13-17-8-4-3-5-9-17/h3-5,8-9,12,14,19,23H,6-7,10-11,13H2,1-2H3. The van der Waals surface area contributed by atoms with Crippen LogP contribution in [0, 0.1) is 13.8 Å². The smallest absolute Gasteiger partial charge is 0.274 e. The van der Waals surface area contributed by atoms with Gasteiger partial charge in [-0.3, -0.25) is 4.79 Å². The second-order valence-electron chi connectivity index (χ2n) is 7.39. The first-order chi connectivity index (χ1) is 13.1. The molecule has 4 rings (SSSR count). The summed E-state index contributed by atoms with van der Waals surface area (Å²) >= 11 is 0. The fourth-order valence-electron chi connectivity index (χ4n) is 3.96. The number of hydrogen-bond donors (Lipinski definition) is 1. The Bertz CT molecular complexity index is 963. The van der Waals surface area contributed by atoms with Crippen LogP contribution in [0.25, 0.3) is 11.1 Å². The van der Waals surface area contributed by atoms with E-state index in [0.717, 1.165) is 41.0 Å². The Kier molecular flexibility index (Phi) is 4.84. The van der Waals surface area contributed by atoms with Crippen LogP contribution in [0.1, 0.15) is 42.7 Å². The molecule has 140 valence electrons. The number of nitrogens with one attached hydrogen (secondary N) is 1. The van der Waals surface area contributed by atoms with Gasteiger partial charge in [0.2, 0.25) is 0 Å². The zero-order chi connectivity index (χ0) is 18.8. The summed E-state index contributed by atoms with van der Waals surface area (Å²) in [6.45, 7) is 4.38. The maximum absolute atomic E-state index is 13.1. The number of nitrogens with zero attached hydrogens (tertiary/aromatic N) is 2. The summed E-state index contributed by atoms with van der Waals surface area (Å²) in [5.74, 6) is 0.768. The number of hydrogen-bond acceptors (Lipinski definition) is 4. The summed E-state index contributed by atoms with van der Waals surface area (Å²) < 4.78 is 7.14. The molecule has 2 aromatic heterocycles. The Labute approximate surface area is 159 Å². The van der Waals surface area contributed by atoms with E-state index in [4.69, 9.17) is 4.52 Å². The van der Waals surface area contributed by atoms with Gasteiger partial charge in [0.1, 0.15) is 11.4 Å². The Balaban J connectivity index is 1.79. The minimum absolute atomic E-state index is 0.0151. The molecular formula is C22H25N3O2. The highest BCUT2D eigenvalue weighted by molar-refractivity contribution is 5.70. The van der Waals surface area contributed by atoms with Crippen LogP contribution in [-0.2, 0) is 6.54 Å². The highest BCUT2D eigenvalue weighted by atomic mass is 16.5. The fourth-order valence-corrected chi connectivity index (χ4v) is 3.96. The molecule has 27 heavy (non-hydrogen) atoms. The molecule has 2 heterocycles. The van der Waals surface area contributed by atoms with Crippen LogP contribution in [0.4, 0.5) is 5.69 Å². The summed E-state index contributed by atoms with van der Waals surface area (Å²) in [6.07, 6.45) is 6.60. The fraction of sp³-hybridized carbons (Fsp3) is 0.364. The molecule has 1 N–H and O–H groups in total. The molecule has 0 atom stereocenters. The van der Waals surface area contributed by atoms with Crippen molar-refractivity contribution < 1.29 is 4.52 Å². The topological polar surface area (TPSA) is 60.1 Å². The molecule has 1 aromatic carbocycles. The quantitative estimate of drug-likeness (QED) is 0.724. The first kappa shape index (κ1) is 17.6. The summed E-state index contributed by atoms with van der Waals surface area (Å²) in [5, 5.41) is 7.57. The first-order valence-corrected chi connectivity index (χ1v) is 9.60. The van der Waals surface area contributed by atoms with E-state index in [1.54, 1.807) is 4.57 Å². The van der Waals surface area contributed by atoms with Gasteiger partial charge in [0, 0.05) is 23.4 Å². The van der Waals surface area contributed by atoms with Crippen molar-refractivity contribution in [3.05, 3.63) is 70.0 Å². The SMILES string of the molecule is Cc1noc(C)c1-c1cc(NC2CCCC2)c(=O)n(Cc2ccccc2)c1. The lowest BCUT2D eigenvalue weighted by atomic mass is 10.1. The van der Waals surface area contributed by atoms with E-state index < -0.39 is 0 Å². The van der Waals surface area contributed by atoms with Crippen molar-refractivity contribution in [2.45, 2.75) is 52.1 Å². The normalized spacial score (nSPS) is 14.6. The van der Waals surface area contributed by atoms with Crippen LogP contribution in [0.5, 0.6) is 0 Å². The van der Waals surface area contributed by atoms with Crippen LogP contribution in [-0.4, -0.2) is 15.8 Å². The van der Waals surface area contributed by atoms with Gasteiger partial charge in [-0.05, 0) is 38.3 Å². The minimum Gasteiger partial charge on any atom is -0.378 e. The van der Waals surface area contributed by atoms with E-state index in [2.05, 4.69) is 10.5 Å². The molecule has 1 aliphatic carbocycles. The monoisotopic (exact) mass is 363 g/mol. The molecule has 1 saturated carbocycles. The molecule has 0 aliphatic heterocycles. The Morgan fingerprint density at radius 1 is 1.19 bits per heavy atom. The molecule has 0 bridgehead atoms. The maximum Gasteiger partial charge on any atom is 0.274 e. The van der Waals surface area contributed by atoms with Crippen molar-refractivity contribution in [1.29, 1.82) is 0 Å². The summed E-state index contributed by atoms with van der Waals surface area (Å²) in [4.78, 5) is 13.1. The van der Waals surface area contributed by atoms with E-state index >= 15 is 0 Å². The molecule has 0 unspecified atom stereocenters. The molecule has 0 saturated heterocycles.